The van der Waals surface area contributed by atoms with E-state index in [1.165, 1.54) is 11.3 Å². The van der Waals surface area contributed by atoms with Crippen LogP contribution in [0.3, 0.4) is 0 Å². The fraction of sp³-hybridized carbons (Fsp3) is 0.471. The molecule has 1 heterocycles. The summed E-state index contributed by atoms with van der Waals surface area (Å²) < 4.78 is 7.51. The molecule has 0 saturated carbocycles. The molecule has 0 radical (unpaired) electrons. The monoisotopic (exact) mass is 287 g/mol. The fourth-order valence-electron chi connectivity index (χ4n) is 2.88. The Morgan fingerprint density at radius 2 is 1.90 bits per heavy atom. The SMILES string of the molecule is CCOc1ccc(-n2nc(C)c(C(C)CNC)c2C)cc1. The number of likely N-dealkylation sites (N-methyl/N-ethyl adjacent to an activating group) is 1. The minimum atomic E-state index is 0.450. The summed E-state index contributed by atoms with van der Waals surface area (Å²) >= 11 is 0. The maximum atomic E-state index is 5.49. The Morgan fingerprint density at radius 3 is 2.48 bits per heavy atom. The molecule has 0 saturated heterocycles. The molecular formula is C17H25N3O. The summed E-state index contributed by atoms with van der Waals surface area (Å²) in [4.78, 5) is 0. The Hall–Kier alpha value is -1.81. The van der Waals surface area contributed by atoms with Crippen LogP contribution in [-0.4, -0.2) is 30.0 Å². The Morgan fingerprint density at radius 1 is 1.24 bits per heavy atom. The van der Waals surface area contributed by atoms with Crippen LogP contribution in [-0.2, 0) is 0 Å². The van der Waals surface area contributed by atoms with Crippen molar-refractivity contribution in [3.8, 4) is 11.4 Å². The van der Waals surface area contributed by atoms with Crippen molar-refractivity contribution in [2.45, 2.75) is 33.6 Å². The summed E-state index contributed by atoms with van der Waals surface area (Å²) in [7, 11) is 1.98. The highest BCUT2D eigenvalue weighted by Gasteiger charge is 2.17. The Labute approximate surface area is 127 Å². The van der Waals surface area contributed by atoms with E-state index >= 15 is 0 Å². The van der Waals surface area contributed by atoms with Crippen LogP contribution in [0, 0.1) is 13.8 Å². The van der Waals surface area contributed by atoms with Gasteiger partial charge in [-0.3, -0.25) is 0 Å². The second kappa shape index (κ2) is 6.76. The fourth-order valence-corrected chi connectivity index (χ4v) is 2.88. The van der Waals surface area contributed by atoms with Crippen LogP contribution in [0.5, 0.6) is 5.75 Å². The molecule has 1 atom stereocenters. The smallest absolute Gasteiger partial charge is 0.119 e. The Bertz CT molecular complexity index is 587. The first-order valence-corrected chi connectivity index (χ1v) is 7.52. The summed E-state index contributed by atoms with van der Waals surface area (Å²) in [5.41, 5.74) is 4.71. The molecule has 0 aliphatic rings. The molecule has 2 rings (SSSR count). The number of hydrogen-bond acceptors (Lipinski definition) is 3. The molecule has 114 valence electrons. The van der Waals surface area contributed by atoms with Crippen molar-refractivity contribution in [3.05, 3.63) is 41.2 Å². The lowest BCUT2D eigenvalue weighted by Gasteiger charge is -2.12. The van der Waals surface area contributed by atoms with Crippen LogP contribution in [0.4, 0.5) is 0 Å². The van der Waals surface area contributed by atoms with Gasteiger partial charge in [0.2, 0.25) is 0 Å². The quantitative estimate of drug-likeness (QED) is 0.886. The lowest BCUT2D eigenvalue weighted by molar-refractivity contribution is 0.340. The normalized spacial score (nSPS) is 12.4. The van der Waals surface area contributed by atoms with Gasteiger partial charge in [0, 0.05) is 17.8 Å². The van der Waals surface area contributed by atoms with Gasteiger partial charge in [0.25, 0.3) is 0 Å². The van der Waals surface area contributed by atoms with E-state index in [0.717, 1.165) is 23.7 Å². The summed E-state index contributed by atoms with van der Waals surface area (Å²) in [6, 6.07) is 8.09. The van der Waals surface area contributed by atoms with Gasteiger partial charge in [-0.25, -0.2) is 4.68 Å². The molecule has 0 fully saturated rings. The summed E-state index contributed by atoms with van der Waals surface area (Å²) in [6.45, 7) is 10.1. The van der Waals surface area contributed by atoms with Crippen molar-refractivity contribution in [2.24, 2.45) is 0 Å². The number of nitrogens with one attached hydrogen (secondary N) is 1. The number of ether oxygens (including phenoxy) is 1. The second-order valence-electron chi connectivity index (χ2n) is 5.38. The molecule has 0 amide bonds. The van der Waals surface area contributed by atoms with E-state index in [4.69, 9.17) is 9.84 Å². The standard InChI is InChI=1S/C17H25N3O/c1-6-21-16-9-7-15(8-10-16)20-14(4)17(13(3)19-20)12(2)11-18-5/h7-10,12,18H,6,11H2,1-5H3. The lowest BCUT2D eigenvalue weighted by Crippen LogP contribution is -2.15. The number of nitrogens with zero attached hydrogens (tertiary/aromatic N) is 2. The summed E-state index contributed by atoms with van der Waals surface area (Å²) in [6.07, 6.45) is 0. The zero-order valence-electron chi connectivity index (χ0n) is 13.6. The van der Waals surface area contributed by atoms with Gasteiger partial charge in [-0.05, 0) is 58.0 Å². The third kappa shape index (κ3) is 3.27. The first-order valence-electron chi connectivity index (χ1n) is 7.52. The Balaban J connectivity index is 2.34. The number of hydrogen-bond donors (Lipinski definition) is 1. The van der Waals surface area contributed by atoms with Gasteiger partial charge >= 0.3 is 0 Å². The third-order valence-corrected chi connectivity index (χ3v) is 3.74. The molecular weight excluding hydrogens is 262 g/mol. The van der Waals surface area contributed by atoms with Gasteiger partial charge in [0.15, 0.2) is 0 Å². The van der Waals surface area contributed by atoms with Crippen LogP contribution in [0.2, 0.25) is 0 Å². The third-order valence-electron chi connectivity index (χ3n) is 3.74. The van der Waals surface area contributed by atoms with Crippen LogP contribution in [0.25, 0.3) is 5.69 Å². The van der Waals surface area contributed by atoms with Gasteiger partial charge in [0.1, 0.15) is 5.75 Å². The van der Waals surface area contributed by atoms with E-state index in [1.807, 2.05) is 30.8 Å². The predicted molar refractivity (Wildman–Crippen MR) is 86.5 cm³/mol. The highest BCUT2D eigenvalue weighted by atomic mass is 16.5. The molecule has 2 aromatic rings. The van der Waals surface area contributed by atoms with Gasteiger partial charge in [0.05, 0.1) is 18.0 Å². The van der Waals surface area contributed by atoms with Gasteiger partial charge in [-0.2, -0.15) is 5.10 Å². The average Bonchev–Trinajstić information content (AvgIpc) is 2.75. The molecule has 1 unspecified atom stereocenters. The minimum absolute atomic E-state index is 0.450. The molecule has 1 aromatic heterocycles. The van der Waals surface area contributed by atoms with Crippen LogP contribution < -0.4 is 10.1 Å². The molecule has 0 bridgehead atoms. The highest BCUT2D eigenvalue weighted by Crippen LogP contribution is 2.25. The van der Waals surface area contributed by atoms with Crippen LogP contribution >= 0.6 is 0 Å². The van der Waals surface area contributed by atoms with Crippen molar-refractivity contribution in [1.29, 1.82) is 0 Å². The molecule has 0 aliphatic carbocycles. The maximum Gasteiger partial charge on any atom is 0.119 e. The zero-order valence-corrected chi connectivity index (χ0v) is 13.6. The van der Waals surface area contributed by atoms with Crippen molar-refractivity contribution < 1.29 is 4.74 Å². The number of benzene rings is 1. The van der Waals surface area contributed by atoms with Crippen molar-refractivity contribution in [2.75, 3.05) is 20.2 Å². The molecule has 0 spiro atoms. The van der Waals surface area contributed by atoms with E-state index in [9.17, 15) is 0 Å². The predicted octanol–water partition coefficient (Wildman–Crippen LogP) is 3.21. The van der Waals surface area contributed by atoms with Gasteiger partial charge in [-0.15, -0.1) is 0 Å². The van der Waals surface area contributed by atoms with Gasteiger partial charge < -0.3 is 10.1 Å². The second-order valence-corrected chi connectivity index (χ2v) is 5.38. The molecule has 4 nitrogen and oxygen atoms in total. The molecule has 0 aliphatic heterocycles. The molecule has 4 heteroatoms. The van der Waals surface area contributed by atoms with E-state index in [2.05, 4.69) is 38.2 Å². The van der Waals surface area contributed by atoms with E-state index in [1.54, 1.807) is 0 Å². The number of aryl methyl sites for hydroxylation is 1. The van der Waals surface area contributed by atoms with Crippen molar-refractivity contribution in [1.82, 2.24) is 15.1 Å². The first-order chi connectivity index (χ1) is 10.1. The summed E-state index contributed by atoms with van der Waals surface area (Å²) in [5, 5.41) is 7.94. The van der Waals surface area contributed by atoms with Crippen molar-refractivity contribution >= 4 is 0 Å². The summed E-state index contributed by atoms with van der Waals surface area (Å²) in [5.74, 6) is 1.35. The van der Waals surface area contributed by atoms with Gasteiger partial charge in [-0.1, -0.05) is 6.92 Å². The van der Waals surface area contributed by atoms with E-state index in [-0.39, 0.29) is 0 Å². The van der Waals surface area contributed by atoms with Crippen LogP contribution in [0.1, 0.15) is 36.7 Å². The largest absolute Gasteiger partial charge is 0.494 e. The average molecular weight is 287 g/mol. The first kappa shape index (κ1) is 15.6. The topological polar surface area (TPSA) is 39.1 Å². The Kier molecular flexibility index (Phi) is 5.02. The van der Waals surface area contributed by atoms with Crippen LogP contribution in [0.15, 0.2) is 24.3 Å². The van der Waals surface area contributed by atoms with Crippen molar-refractivity contribution in [3.63, 3.8) is 0 Å². The zero-order chi connectivity index (χ0) is 15.4. The maximum absolute atomic E-state index is 5.49. The van der Waals surface area contributed by atoms with E-state index in [0.29, 0.717) is 12.5 Å². The van der Waals surface area contributed by atoms with E-state index < -0.39 is 0 Å². The number of rotatable bonds is 6. The molecule has 1 N–H and O–H groups in total. The minimum Gasteiger partial charge on any atom is -0.494 e. The molecule has 1 aromatic carbocycles. The molecule has 21 heavy (non-hydrogen) atoms. The highest BCUT2D eigenvalue weighted by molar-refractivity contribution is 5.41. The number of aromatic nitrogens is 2. The lowest BCUT2D eigenvalue weighted by atomic mass is 9.99.